The van der Waals surface area contributed by atoms with Crippen LogP contribution >= 0.6 is 0 Å². The highest BCUT2D eigenvalue weighted by Crippen LogP contribution is 2.32. The molecule has 3 rings (SSSR count). The lowest BCUT2D eigenvalue weighted by atomic mass is 9.84. The molecular formula is C26H33NO4. The van der Waals surface area contributed by atoms with Crippen LogP contribution in [0.3, 0.4) is 0 Å². The van der Waals surface area contributed by atoms with E-state index in [1.54, 1.807) is 7.11 Å². The summed E-state index contributed by atoms with van der Waals surface area (Å²) in [5.74, 6) is -0.0290. The van der Waals surface area contributed by atoms with E-state index in [9.17, 15) is 14.7 Å². The molecule has 0 aliphatic heterocycles. The molecule has 2 N–H and O–H groups in total. The lowest BCUT2D eigenvalue weighted by Gasteiger charge is -2.22. The van der Waals surface area contributed by atoms with Gasteiger partial charge in [0.25, 0.3) is 5.91 Å². The van der Waals surface area contributed by atoms with Crippen molar-refractivity contribution < 1.29 is 19.4 Å². The highest BCUT2D eigenvalue weighted by molar-refractivity contribution is 5.94. The third kappa shape index (κ3) is 6.09. The summed E-state index contributed by atoms with van der Waals surface area (Å²) < 4.78 is 5.43. The number of carbonyl (C=O) groups excluding carboxylic acids is 1. The summed E-state index contributed by atoms with van der Waals surface area (Å²) in [5, 5.41) is 12.3. The standard InChI is InChI=1S/C26H33NO4/c1-3-19(26(29)30)15-18-9-14-24(31-2)23(16-18)17-27-25(28)22-12-10-21(11-13-22)20-7-5-4-6-8-20/h9-14,16,19-20H,3-8,15,17H2,1-2H3,(H,27,28)(H,29,30). The van der Waals surface area contributed by atoms with Crippen molar-refractivity contribution >= 4 is 11.9 Å². The Bertz CT molecular complexity index is 885. The number of rotatable bonds is 9. The van der Waals surface area contributed by atoms with Gasteiger partial charge < -0.3 is 15.2 Å². The Hall–Kier alpha value is -2.82. The summed E-state index contributed by atoms with van der Waals surface area (Å²) in [6, 6.07) is 13.6. The molecule has 1 atom stereocenters. The Balaban J connectivity index is 1.64. The van der Waals surface area contributed by atoms with Gasteiger partial charge in [-0.25, -0.2) is 0 Å². The Morgan fingerprint density at radius 3 is 2.42 bits per heavy atom. The SMILES string of the molecule is CCC(Cc1ccc(OC)c(CNC(=O)c2ccc(C3CCCCC3)cc2)c1)C(=O)O. The fraction of sp³-hybridized carbons (Fsp3) is 0.462. The second kappa shape index (κ2) is 11.0. The van der Waals surface area contributed by atoms with Crippen molar-refractivity contribution in [1.82, 2.24) is 5.32 Å². The third-order valence-corrected chi connectivity index (χ3v) is 6.36. The van der Waals surface area contributed by atoms with E-state index >= 15 is 0 Å². The van der Waals surface area contributed by atoms with E-state index in [-0.39, 0.29) is 5.91 Å². The normalized spacial score (nSPS) is 15.3. The van der Waals surface area contributed by atoms with Crippen molar-refractivity contribution in [2.45, 2.75) is 64.3 Å². The lowest BCUT2D eigenvalue weighted by molar-refractivity contribution is -0.141. The zero-order valence-electron chi connectivity index (χ0n) is 18.5. The molecule has 1 saturated carbocycles. The highest BCUT2D eigenvalue weighted by atomic mass is 16.5. The maximum absolute atomic E-state index is 12.7. The minimum absolute atomic E-state index is 0.125. The molecule has 5 heteroatoms. The smallest absolute Gasteiger partial charge is 0.306 e. The summed E-state index contributed by atoms with van der Waals surface area (Å²) in [4.78, 5) is 24.0. The molecule has 0 aromatic heterocycles. The van der Waals surface area contributed by atoms with Gasteiger partial charge in [0.2, 0.25) is 0 Å². The number of methoxy groups -OCH3 is 1. The van der Waals surface area contributed by atoms with Gasteiger partial charge in [-0.15, -0.1) is 0 Å². The van der Waals surface area contributed by atoms with Gasteiger partial charge >= 0.3 is 5.97 Å². The number of hydrogen-bond donors (Lipinski definition) is 2. The summed E-state index contributed by atoms with van der Waals surface area (Å²) in [5.41, 5.74) is 3.74. The Morgan fingerprint density at radius 1 is 1.10 bits per heavy atom. The second-order valence-corrected chi connectivity index (χ2v) is 8.43. The molecule has 0 saturated heterocycles. The minimum Gasteiger partial charge on any atom is -0.496 e. The molecule has 166 valence electrons. The maximum Gasteiger partial charge on any atom is 0.306 e. The van der Waals surface area contributed by atoms with E-state index in [1.807, 2.05) is 37.3 Å². The highest BCUT2D eigenvalue weighted by Gasteiger charge is 2.18. The van der Waals surface area contributed by atoms with E-state index in [0.29, 0.717) is 36.6 Å². The van der Waals surface area contributed by atoms with Gasteiger partial charge in [0.05, 0.1) is 13.0 Å². The molecule has 1 amide bonds. The molecule has 0 bridgehead atoms. The number of carboxylic acid groups (broad SMARTS) is 1. The molecule has 5 nitrogen and oxygen atoms in total. The molecule has 0 spiro atoms. The number of benzene rings is 2. The van der Waals surface area contributed by atoms with Crippen LogP contribution in [0.5, 0.6) is 5.75 Å². The first-order chi connectivity index (χ1) is 15.0. The van der Waals surface area contributed by atoms with Gasteiger partial charge in [0.15, 0.2) is 0 Å². The van der Waals surface area contributed by atoms with Crippen LogP contribution in [0.15, 0.2) is 42.5 Å². The van der Waals surface area contributed by atoms with Crippen molar-refractivity contribution in [1.29, 1.82) is 0 Å². The first kappa shape index (κ1) is 22.9. The van der Waals surface area contributed by atoms with Crippen LogP contribution in [0.1, 0.15) is 78.4 Å². The molecule has 0 heterocycles. The van der Waals surface area contributed by atoms with Gasteiger partial charge in [-0.05, 0) is 60.9 Å². The number of amides is 1. The van der Waals surface area contributed by atoms with Crippen LogP contribution in [0.25, 0.3) is 0 Å². The van der Waals surface area contributed by atoms with Crippen LogP contribution in [-0.4, -0.2) is 24.1 Å². The summed E-state index contributed by atoms with van der Waals surface area (Å²) in [6.07, 6.45) is 7.42. The van der Waals surface area contributed by atoms with Gasteiger partial charge in [-0.1, -0.05) is 50.5 Å². The number of carbonyl (C=O) groups is 2. The molecule has 1 fully saturated rings. The maximum atomic E-state index is 12.7. The van der Waals surface area contributed by atoms with Crippen molar-refractivity contribution in [2.75, 3.05) is 7.11 Å². The van der Waals surface area contributed by atoms with E-state index in [4.69, 9.17) is 4.74 Å². The molecule has 1 unspecified atom stereocenters. The molecule has 2 aromatic carbocycles. The zero-order valence-corrected chi connectivity index (χ0v) is 18.5. The van der Waals surface area contributed by atoms with Crippen LogP contribution in [0.2, 0.25) is 0 Å². The molecule has 1 aliphatic carbocycles. The monoisotopic (exact) mass is 423 g/mol. The van der Waals surface area contributed by atoms with E-state index in [2.05, 4.69) is 17.4 Å². The Labute approximate surface area is 184 Å². The minimum atomic E-state index is -0.787. The van der Waals surface area contributed by atoms with Crippen molar-refractivity contribution in [2.24, 2.45) is 5.92 Å². The van der Waals surface area contributed by atoms with E-state index < -0.39 is 11.9 Å². The Kier molecular flexibility index (Phi) is 8.10. The number of hydrogen-bond acceptors (Lipinski definition) is 3. The summed E-state index contributed by atoms with van der Waals surface area (Å²) in [6.45, 7) is 2.20. The number of aliphatic carboxylic acids is 1. The fourth-order valence-electron chi connectivity index (χ4n) is 4.41. The molecular weight excluding hydrogens is 390 g/mol. The van der Waals surface area contributed by atoms with Gasteiger partial charge in [-0.2, -0.15) is 0 Å². The second-order valence-electron chi connectivity index (χ2n) is 8.43. The Morgan fingerprint density at radius 2 is 1.81 bits per heavy atom. The quantitative estimate of drug-likeness (QED) is 0.572. The fourth-order valence-corrected chi connectivity index (χ4v) is 4.41. The summed E-state index contributed by atoms with van der Waals surface area (Å²) in [7, 11) is 1.59. The number of nitrogens with one attached hydrogen (secondary N) is 1. The van der Waals surface area contributed by atoms with Crippen LogP contribution in [0, 0.1) is 5.92 Å². The van der Waals surface area contributed by atoms with Crippen molar-refractivity contribution in [3.63, 3.8) is 0 Å². The number of carboxylic acids is 1. The largest absolute Gasteiger partial charge is 0.496 e. The number of ether oxygens (including phenoxy) is 1. The van der Waals surface area contributed by atoms with Crippen LogP contribution in [0.4, 0.5) is 0 Å². The average Bonchev–Trinajstić information content (AvgIpc) is 2.81. The molecule has 31 heavy (non-hydrogen) atoms. The predicted molar refractivity (Wildman–Crippen MR) is 122 cm³/mol. The average molecular weight is 424 g/mol. The van der Waals surface area contributed by atoms with Crippen LogP contribution < -0.4 is 10.1 Å². The van der Waals surface area contributed by atoms with Gasteiger partial charge in [-0.3, -0.25) is 9.59 Å². The van der Waals surface area contributed by atoms with Crippen LogP contribution in [-0.2, 0) is 17.8 Å². The van der Waals surface area contributed by atoms with Crippen molar-refractivity contribution in [3.05, 3.63) is 64.7 Å². The molecule has 1 aliphatic rings. The molecule has 2 aromatic rings. The predicted octanol–water partition coefficient (Wildman–Crippen LogP) is 5.33. The van der Waals surface area contributed by atoms with E-state index in [0.717, 1.165) is 11.1 Å². The van der Waals surface area contributed by atoms with Crippen molar-refractivity contribution in [3.8, 4) is 5.75 Å². The van der Waals surface area contributed by atoms with E-state index in [1.165, 1.54) is 37.7 Å². The lowest BCUT2D eigenvalue weighted by Crippen LogP contribution is -2.23. The zero-order chi connectivity index (χ0) is 22.2. The topological polar surface area (TPSA) is 75.6 Å². The van der Waals surface area contributed by atoms with Gasteiger partial charge in [0, 0.05) is 17.7 Å². The third-order valence-electron chi connectivity index (χ3n) is 6.36. The first-order valence-corrected chi connectivity index (χ1v) is 11.3. The van der Waals surface area contributed by atoms with Gasteiger partial charge in [0.1, 0.15) is 5.75 Å². The molecule has 0 radical (unpaired) electrons. The first-order valence-electron chi connectivity index (χ1n) is 11.3. The summed E-state index contributed by atoms with van der Waals surface area (Å²) >= 11 is 0.